The van der Waals surface area contributed by atoms with Gasteiger partial charge in [0.15, 0.2) is 0 Å². The number of ether oxygens (including phenoxy) is 2. The Bertz CT molecular complexity index is 701. The van der Waals surface area contributed by atoms with Crippen molar-refractivity contribution < 1.29 is 19.1 Å². The SMILES string of the molecule is Cc1ccc(N(c2cccs2)C(C(=O)OC(C)C)C(=O)OC(C)C)cc1. The number of benzene rings is 1. The highest BCUT2D eigenvalue weighted by Crippen LogP contribution is 2.33. The fourth-order valence-electron chi connectivity index (χ4n) is 2.42. The Labute approximate surface area is 158 Å². The Balaban J connectivity index is 2.51. The number of carbonyl (C=O) groups excluding carboxylic acids is 2. The molecule has 1 aromatic carbocycles. The molecule has 0 saturated carbocycles. The third-order valence-corrected chi connectivity index (χ3v) is 4.33. The molecular formula is C20H25NO4S. The third kappa shape index (κ3) is 5.08. The number of esters is 2. The highest BCUT2D eigenvalue weighted by Gasteiger charge is 2.38. The highest BCUT2D eigenvalue weighted by molar-refractivity contribution is 7.14. The molecule has 140 valence electrons. The predicted octanol–water partition coefficient (Wildman–Crippen LogP) is 4.47. The summed E-state index contributed by atoms with van der Waals surface area (Å²) in [6, 6.07) is 10.2. The van der Waals surface area contributed by atoms with E-state index in [0.29, 0.717) is 0 Å². The van der Waals surface area contributed by atoms with E-state index < -0.39 is 18.0 Å². The minimum absolute atomic E-state index is 0.333. The molecule has 0 saturated heterocycles. The lowest BCUT2D eigenvalue weighted by molar-refractivity contribution is -0.160. The lowest BCUT2D eigenvalue weighted by Crippen LogP contribution is -2.47. The fourth-order valence-corrected chi connectivity index (χ4v) is 3.19. The maximum atomic E-state index is 12.8. The maximum Gasteiger partial charge on any atom is 0.341 e. The van der Waals surface area contributed by atoms with Gasteiger partial charge in [-0.25, -0.2) is 9.59 Å². The van der Waals surface area contributed by atoms with Crippen molar-refractivity contribution in [1.82, 2.24) is 0 Å². The van der Waals surface area contributed by atoms with E-state index >= 15 is 0 Å². The molecule has 2 rings (SSSR count). The van der Waals surface area contributed by atoms with Crippen LogP contribution < -0.4 is 4.90 Å². The van der Waals surface area contributed by atoms with Crippen molar-refractivity contribution in [3.63, 3.8) is 0 Å². The molecule has 0 spiro atoms. The number of thiophene rings is 1. The molecule has 6 heteroatoms. The first-order valence-corrected chi connectivity index (χ1v) is 9.48. The van der Waals surface area contributed by atoms with Gasteiger partial charge in [-0.3, -0.25) is 0 Å². The first-order chi connectivity index (χ1) is 12.3. The summed E-state index contributed by atoms with van der Waals surface area (Å²) in [5.41, 5.74) is 1.82. The molecule has 26 heavy (non-hydrogen) atoms. The number of rotatable bonds is 7. The third-order valence-electron chi connectivity index (χ3n) is 3.46. The van der Waals surface area contributed by atoms with Gasteiger partial charge in [-0.1, -0.05) is 17.7 Å². The minimum atomic E-state index is -1.21. The van der Waals surface area contributed by atoms with Gasteiger partial charge in [-0.2, -0.15) is 0 Å². The van der Waals surface area contributed by atoms with Gasteiger partial charge < -0.3 is 14.4 Å². The predicted molar refractivity (Wildman–Crippen MR) is 104 cm³/mol. The summed E-state index contributed by atoms with van der Waals surface area (Å²) in [6.45, 7) is 9.00. The Morgan fingerprint density at radius 1 is 0.923 bits per heavy atom. The highest BCUT2D eigenvalue weighted by atomic mass is 32.1. The Morgan fingerprint density at radius 3 is 1.88 bits per heavy atom. The van der Waals surface area contributed by atoms with Crippen LogP contribution >= 0.6 is 11.3 Å². The summed E-state index contributed by atoms with van der Waals surface area (Å²) < 4.78 is 10.7. The smallest absolute Gasteiger partial charge is 0.341 e. The summed E-state index contributed by atoms with van der Waals surface area (Å²) in [6.07, 6.45) is -0.667. The topological polar surface area (TPSA) is 55.8 Å². The molecule has 0 radical (unpaired) electrons. The molecule has 0 bridgehead atoms. The van der Waals surface area contributed by atoms with E-state index in [9.17, 15) is 9.59 Å². The first-order valence-electron chi connectivity index (χ1n) is 8.60. The van der Waals surface area contributed by atoms with Crippen LogP contribution in [0.1, 0.15) is 33.3 Å². The van der Waals surface area contributed by atoms with Gasteiger partial charge in [0.05, 0.1) is 17.2 Å². The molecule has 0 N–H and O–H groups in total. The van der Waals surface area contributed by atoms with Crippen molar-refractivity contribution in [2.75, 3.05) is 4.90 Å². The number of hydrogen-bond acceptors (Lipinski definition) is 6. The molecule has 2 aromatic rings. The quantitative estimate of drug-likeness (QED) is 0.528. The monoisotopic (exact) mass is 375 g/mol. The molecule has 0 aliphatic carbocycles. The molecular weight excluding hydrogens is 350 g/mol. The van der Waals surface area contributed by atoms with E-state index in [4.69, 9.17) is 9.47 Å². The Hall–Kier alpha value is -2.34. The summed E-state index contributed by atoms with van der Waals surface area (Å²) in [5, 5.41) is 2.66. The zero-order valence-corrected chi connectivity index (χ0v) is 16.6. The number of carbonyl (C=O) groups is 2. The van der Waals surface area contributed by atoms with Crippen LogP contribution in [0.2, 0.25) is 0 Å². The van der Waals surface area contributed by atoms with Gasteiger partial charge in [0.25, 0.3) is 0 Å². The largest absolute Gasteiger partial charge is 0.461 e. The molecule has 0 amide bonds. The van der Waals surface area contributed by atoms with E-state index in [0.717, 1.165) is 16.3 Å². The lowest BCUT2D eigenvalue weighted by atomic mass is 10.1. The van der Waals surface area contributed by atoms with Crippen LogP contribution in [0.25, 0.3) is 0 Å². The summed E-state index contributed by atoms with van der Waals surface area (Å²) in [4.78, 5) is 27.3. The van der Waals surface area contributed by atoms with Crippen LogP contribution in [0.4, 0.5) is 10.7 Å². The van der Waals surface area contributed by atoms with Crippen LogP contribution in [-0.2, 0) is 19.1 Å². The van der Waals surface area contributed by atoms with Gasteiger partial charge in [-0.05, 0) is 64.3 Å². The second-order valence-corrected chi connectivity index (χ2v) is 7.46. The standard InChI is InChI=1S/C20H25NO4S/c1-13(2)24-19(22)18(20(23)25-14(3)4)21(17-7-6-12-26-17)16-10-8-15(5)9-11-16/h6-14,18H,1-5H3. The molecule has 1 heterocycles. The molecule has 0 fully saturated rings. The zero-order valence-electron chi connectivity index (χ0n) is 15.8. The number of nitrogens with zero attached hydrogens (tertiary/aromatic N) is 1. The van der Waals surface area contributed by atoms with Crippen LogP contribution in [0.5, 0.6) is 0 Å². The van der Waals surface area contributed by atoms with Crippen LogP contribution in [0.3, 0.4) is 0 Å². The van der Waals surface area contributed by atoms with E-state index in [-0.39, 0.29) is 12.2 Å². The normalized spacial score (nSPS) is 11.1. The van der Waals surface area contributed by atoms with E-state index in [1.54, 1.807) is 32.6 Å². The van der Waals surface area contributed by atoms with Crippen molar-refractivity contribution in [2.24, 2.45) is 0 Å². The molecule has 5 nitrogen and oxygen atoms in total. The number of hydrogen-bond donors (Lipinski definition) is 0. The van der Waals surface area contributed by atoms with Crippen molar-refractivity contribution in [2.45, 2.75) is 52.9 Å². The molecule has 0 aliphatic rings. The first kappa shape index (κ1) is 20.0. The zero-order chi connectivity index (χ0) is 19.3. The van der Waals surface area contributed by atoms with Gasteiger partial charge in [-0.15, -0.1) is 11.3 Å². The van der Waals surface area contributed by atoms with Crippen molar-refractivity contribution >= 4 is 34.0 Å². The maximum absolute atomic E-state index is 12.8. The van der Waals surface area contributed by atoms with E-state index in [1.165, 1.54) is 11.3 Å². The summed E-state index contributed by atoms with van der Waals surface area (Å²) in [5.74, 6) is -1.25. The Kier molecular flexibility index (Phi) is 6.80. The molecule has 0 atom stereocenters. The van der Waals surface area contributed by atoms with E-state index in [1.807, 2.05) is 48.7 Å². The van der Waals surface area contributed by atoms with Gasteiger partial charge in [0.1, 0.15) is 0 Å². The summed E-state index contributed by atoms with van der Waals surface area (Å²) in [7, 11) is 0. The van der Waals surface area contributed by atoms with Gasteiger partial charge in [0.2, 0.25) is 6.04 Å². The minimum Gasteiger partial charge on any atom is -0.461 e. The molecule has 0 aliphatic heterocycles. The van der Waals surface area contributed by atoms with Crippen LogP contribution in [0, 0.1) is 6.92 Å². The van der Waals surface area contributed by atoms with E-state index in [2.05, 4.69) is 0 Å². The van der Waals surface area contributed by atoms with Crippen LogP contribution in [-0.4, -0.2) is 30.2 Å². The number of aryl methyl sites for hydroxylation is 1. The lowest BCUT2D eigenvalue weighted by Gasteiger charge is -2.30. The molecule has 0 unspecified atom stereocenters. The van der Waals surface area contributed by atoms with Gasteiger partial charge >= 0.3 is 11.9 Å². The second kappa shape index (κ2) is 8.85. The van der Waals surface area contributed by atoms with Crippen molar-refractivity contribution in [1.29, 1.82) is 0 Å². The van der Waals surface area contributed by atoms with Crippen molar-refractivity contribution in [3.05, 3.63) is 47.3 Å². The number of anilines is 2. The fraction of sp³-hybridized carbons (Fsp3) is 0.400. The summed E-state index contributed by atoms with van der Waals surface area (Å²) >= 11 is 1.44. The van der Waals surface area contributed by atoms with Gasteiger partial charge in [0, 0.05) is 5.69 Å². The van der Waals surface area contributed by atoms with Crippen molar-refractivity contribution in [3.8, 4) is 0 Å². The molecule has 1 aromatic heterocycles. The van der Waals surface area contributed by atoms with Crippen LogP contribution in [0.15, 0.2) is 41.8 Å². The average molecular weight is 375 g/mol. The second-order valence-electron chi connectivity index (χ2n) is 6.53. The average Bonchev–Trinajstić information content (AvgIpc) is 3.05. The Morgan fingerprint density at radius 2 is 1.46 bits per heavy atom.